The number of alkyl halides is 1. The van der Waals surface area contributed by atoms with Gasteiger partial charge in [0.15, 0.2) is 5.21 Å². The Morgan fingerprint density at radius 3 is 2.20 bits per heavy atom. The molecule has 0 saturated heterocycles. The third kappa shape index (κ3) is 3.72. The summed E-state index contributed by atoms with van der Waals surface area (Å²) in [6, 6.07) is 6.92. The number of benzene rings is 1. The largest absolute Gasteiger partial charge is 0.382 e. The fourth-order valence-electron chi connectivity index (χ4n) is 1.08. The third-order valence-electron chi connectivity index (χ3n) is 1.90. The Hall–Kier alpha value is -0.740. The molecular formula is C10H13ClO3S. The van der Waals surface area contributed by atoms with Crippen LogP contribution in [0.25, 0.3) is 0 Å². The number of halogens is 1. The SMILES string of the molecule is CC(C)c1ccc(OS(=O)(=O)CCl)cc1. The molecule has 0 heterocycles. The van der Waals surface area contributed by atoms with E-state index in [4.69, 9.17) is 15.8 Å². The molecule has 0 unspecified atom stereocenters. The molecule has 1 aromatic rings. The normalized spacial score (nSPS) is 11.7. The van der Waals surface area contributed by atoms with Gasteiger partial charge < -0.3 is 4.18 Å². The lowest BCUT2D eigenvalue weighted by Gasteiger charge is -2.07. The molecule has 0 aliphatic heterocycles. The van der Waals surface area contributed by atoms with Crippen molar-refractivity contribution < 1.29 is 12.6 Å². The summed E-state index contributed by atoms with van der Waals surface area (Å²) in [7, 11) is -3.64. The number of hydrogen-bond acceptors (Lipinski definition) is 3. The van der Waals surface area contributed by atoms with Crippen molar-refractivity contribution in [3.8, 4) is 5.75 Å². The van der Waals surface area contributed by atoms with Crippen molar-refractivity contribution in [1.29, 1.82) is 0 Å². The molecule has 0 spiro atoms. The maximum Gasteiger partial charge on any atom is 0.323 e. The molecule has 15 heavy (non-hydrogen) atoms. The lowest BCUT2D eigenvalue weighted by Crippen LogP contribution is -2.09. The van der Waals surface area contributed by atoms with Gasteiger partial charge in [0.1, 0.15) is 5.75 Å². The summed E-state index contributed by atoms with van der Waals surface area (Å²) in [4.78, 5) is 0. The van der Waals surface area contributed by atoms with Crippen molar-refractivity contribution in [2.45, 2.75) is 19.8 Å². The second kappa shape index (κ2) is 4.86. The maximum absolute atomic E-state index is 11.0. The van der Waals surface area contributed by atoms with Gasteiger partial charge in [-0.05, 0) is 23.6 Å². The summed E-state index contributed by atoms with van der Waals surface area (Å²) < 4.78 is 26.8. The Morgan fingerprint density at radius 2 is 1.80 bits per heavy atom. The van der Waals surface area contributed by atoms with Gasteiger partial charge in [0, 0.05) is 0 Å². The predicted octanol–water partition coefficient (Wildman–Crippen LogP) is 2.71. The fraction of sp³-hybridized carbons (Fsp3) is 0.400. The molecule has 0 fully saturated rings. The second-order valence-electron chi connectivity index (χ2n) is 3.47. The van der Waals surface area contributed by atoms with E-state index in [1.54, 1.807) is 12.1 Å². The Bertz CT molecular complexity index is 409. The van der Waals surface area contributed by atoms with Crippen LogP contribution >= 0.6 is 11.6 Å². The molecule has 84 valence electrons. The van der Waals surface area contributed by atoms with Crippen LogP contribution in [0.15, 0.2) is 24.3 Å². The molecule has 5 heteroatoms. The highest BCUT2D eigenvalue weighted by Crippen LogP contribution is 2.19. The molecule has 0 aliphatic rings. The average Bonchev–Trinajstić information content (AvgIpc) is 2.18. The zero-order valence-corrected chi connectivity index (χ0v) is 10.2. The van der Waals surface area contributed by atoms with E-state index in [1.807, 2.05) is 12.1 Å². The van der Waals surface area contributed by atoms with Gasteiger partial charge >= 0.3 is 10.1 Å². The first-order valence-electron chi connectivity index (χ1n) is 4.52. The molecule has 0 amide bonds. The molecule has 0 saturated carbocycles. The van der Waals surface area contributed by atoms with Crippen LogP contribution in [0.4, 0.5) is 0 Å². The Labute approximate surface area is 95.1 Å². The van der Waals surface area contributed by atoms with Crippen molar-refractivity contribution in [2.24, 2.45) is 0 Å². The molecular weight excluding hydrogens is 236 g/mol. The Kier molecular flexibility index (Phi) is 3.99. The first-order valence-corrected chi connectivity index (χ1v) is 6.64. The standard InChI is InChI=1S/C10H13ClO3S/c1-8(2)9-3-5-10(6-4-9)14-15(12,13)7-11/h3-6,8H,7H2,1-2H3. The topological polar surface area (TPSA) is 43.4 Å². The molecule has 0 aromatic heterocycles. The third-order valence-corrected chi connectivity index (χ3v) is 3.42. The molecule has 0 N–H and O–H groups in total. The number of hydrogen-bond donors (Lipinski definition) is 0. The highest BCUT2D eigenvalue weighted by Gasteiger charge is 2.10. The zero-order valence-electron chi connectivity index (χ0n) is 8.60. The minimum absolute atomic E-state index is 0.292. The minimum atomic E-state index is -3.64. The van der Waals surface area contributed by atoms with Gasteiger partial charge in [0.25, 0.3) is 0 Å². The summed E-state index contributed by atoms with van der Waals surface area (Å²) in [6.07, 6.45) is 0. The first-order chi connectivity index (χ1) is 6.94. The summed E-state index contributed by atoms with van der Waals surface area (Å²) in [6.45, 7) is 4.12. The fourth-order valence-corrected chi connectivity index (χ4v) is 1.66. The Morgan fingerprint density at radius 1 is 1.27 bits per heavy atom. The quantitative estimate of drug-likeness (QED) is 0.608. The Balaban J connectivity index is 2.82. The van der Waals surface area contributed by atoms with Gasteiger partial charge in [-0.15, -0.1) is 11.6 Å². The van der Waals surface area contributed by atoms with E-state index in [2.05, 4.69) is 13.8 Å². The van der Waals surface area contributed by atoms with Crippen LogP contribution in [-0.2, 0) is 10.1 Å². The summed E-state index contributed by atoms with van der Waals surface area (Å²) >= 11 is 5.21. The van der Waals surface area contributed by atoms with Crippen LogP contribution in [0.2, 0.25) is 0 Å². The van der Waals surface area contributed by atoms with Gasteiger partial charge in [-0.1, -0.05) is 26.0 Å². The van der Waals surface area contributed by atoms with Crippen LogP contribution in [0.1, 0.15) is 25.3 Å². The van der Waals surface area contributed by atoms with Crippen LogP contribution in [0.3, 0.4) is 0 Å². The first kappa shape index (κ1) is 12.3. The van der Waals surface area contributed by atoms with Gasteiger partial charge in [-0.25, -0.2) is 0 Å². The zero-order chi connectivity index (χ0) is 11.5. The van der Waals surface area contributed by atoms with E-state index < -0.39 is 15.3 Å². The second-order valence-corrected chi connectivity index (χ2v) is 5.63. The van der Waals surface area contributed by atoms with E-state index in [-0.39, 0.29) is 0 Å². The molecule has 1 rings (SSSR count). The highest BCUT2D eigenvalue weighted by molar-refractivity contribution is 7.88. The van der Waals surface area contributed by atoms with Gasteiger partial charge in [-0.2, -0.15) is 8.42 Å². The van der Waals surface area contributed by atoms with Crippen molar-refractivity contribution >= 4 is 21.7 Å². The average molecular weight is 249 g/mol. The van der Waals surface area contributed by atoms with Crippen molar-refractivity contribution in [3.05, 3.63) is 29.8 Å². The van der Waals surface area contributed by atoms with Gasteiger partial charge in [-0.3, -0.25) is 0 Å². The lowest BCUT2D eigenvalue weighted by molar-refractivity contribution is 0.491. The molecule has 0 aliphatic carbocycles. The van der Waals surface area contributed by atoms with E-state index in [0.29, 0.717) is 11.7 Å². The van der Waals surface area contributed by atoms with E-state index >= 15 is 0 Å². The molecule has 1 aromatic carbocycles. The van der Waals surface area contributed by atoms with Crippen molar-refractivity contribution in [3.63, 3.8) is 0 Å². The van der Waals surface area contributed by atoms with Crippen LogP contribution in [0, 0.1) is 0 Å². The molecule has 3 nitrogen and oxygen atoms in total. The van der Waals surface area contributed by atoms with Gasteiger partial charge in [0.05, 0.1) is 0 Å². The van der Waals surface area contributed by atoms with Crippen molar-refractivity contribution in [2.75, 3.05) is 5.21 Å². The maximum atomic E-state index is 11.0. The molecule has 0 radical (unpaired) electrons. The van der Waals surface area contributed by atoms with E-state index in [1.165, 1.54) is 0 Å². The van der Waals surface area contributed by atoms with E-state index in [0.717, 1.165) is 5.56 Å². The van der Waals surface area contributed by atoms with E-state index in [9.17, 15) is 8.42 Å². The molecule has 0 bridgehead atoms. The monoisotopic (exact) mass is 248 g/mol. The predicted molar refractivity (Wildman–Crippen MR) is 60.8 cm³/mol. The van der Waals surface area contributed by atoms with Crippen molar-refractivity contribution in [1.82, 2.24) is 0 Å². The van der Waals surface area contributed by atoms with Crippen LogP contribution in [0.5, 0.6) is 5.75 Å². The smallest absolute Gasteiger partial charge is 0.323 e. The van der Waals surface area contributed by atoms with Crippen LogP contribution in [-0.4, -0.2) is 13.6 Å². The lowest BCUT2D eigenvalue weighted by atomic mass is 10.0. The summed E-state index contributed by atoms with van der Waals surface area (Å²) in [5, 5.41) is -0.543. The minimum Gasteiger partial charge on any atom is -0.382 e. The van der Waals surface area contributed by atoms with Gasteiger partial charge in [0.2, 0.25) is 0 Å². The number of rotatable bonds is 4. The summed E-state index contributed by atoms with van der Waals surface area (Å²) in [5.41, 5.74) is 1.13. The molecule has 0 atom stereocenters. The highest BCUT2D eigenvalue weighted by atomic mass is 35.5. The summed E-state index contributed by atoms with van der Waals surface area (Å²) in [5.74, 6) is 0.698. The van der Waals surface area contributed by atoms with Crippen LogP contribution < -0.4 is 4.18 Å².